The van der Waals surface area contributed by atoms with E-state index in [1.165, 1.54) is 24.3 Å². The number of nitrogens with two attached hydrogens (primary N) is 1. The Hall–Kier alpha value is -1.40. The second kappa shape index (κ2) is 5.30. The average Bonchev–Trinajstić information content (AvgIpc) is 3.18. The van der Waals surface area contributed by atoms with Crippen molar-refractivity contribution in [1.29, 1.82) is 0 Å². The number of hydrogen-bond donors (Lipinski definition) is 1. The summed E-state index contributed by atoms with van der Waals surface area (Å²) in [5.41, 5.74) is 0.507. The van der Waals surface area contributed by atoms with Crippen LogP contribution in [0.15, 0.2) is 29.2 Å². The number of rotatable bonds is 5. The van der Waals surface area contributed by atoms with Crippen LogP contribution in [-0.2, 0) is 10.0 Å². The molecule has 1 amide bonds. The highest BCUT2D eigenvalue weighted by molar-refractivity contribution is 7.89. The fourth-order valence-electron chi connectivity index (χ4n) is 2.03. The molecule has 5 nitrogen and oxygen atoms in total. The first-order valence-corrected chi connectivity index (χ1v) is 7.92. The summed E-state index contributed by atoms with van der Waals surface area (Å²) in [5.74, 6) is -0.0367. The highest BCUT2D eigenvalue weighted by Crippen LogP contribution is 2.28. The highest BCUT2D eigenvalue weighted by atomic mass is 32.2. The smallest absolute Gasteiger partial charge is 0.254 e. The Bertz CT molecular complexity index is 562. The summed E-state index contributed by atoms with van der Waals surface area (Å²) in [6, 6.07) is 6.14. The minimum atomic E-state index is -3.70. The number of amides is 1. The van der Waals surface area contributed by atoms with Crippen LogP contribution in [0.2, 0.25) is 0 Å². The molecule has 1 fully saturated rings. The maximum atomic E-state index is 12.3. The van der Waals surface area contributed by atoms with Gasteiger partial charge in [-0.15, -0.1) is 0 Å². The Morgan fingerprint density at radius 1 is 1.32 bits per heavy atom. The molecule has 1 aromatic rings. The Labute approximate surface area is 113 Å². The van der Waals surface area contributed by atoms with Gasteiger partial charge in [0.1, 0.15) is 0 Å². The first-order valence-electron chi connectivity index (χ1n) is 6.37. The zero-order valence-corrected chi connectivity index (χ0v) is 11.7. The van der Waals surface area contributed by atoms with E-state index in [4.69, 9.17) is 5.14 Å². The number of primary sulfonamides is 1. The Morgan fingerprint density at radius 2 is 1.89 bits per heavy atom. The third kappa shape index (κ3) is 3.33. The molecule has 6 heteroatoms. The van der Waals surface area contributed by atoms with Crippen LogP contribution in [0, 0.1) is 0 Å². The number of benzene rings is 1. The lowest BCUT2D eigenvalue weighted by molar-refractivity contribution is 0.0743. The van der Waals surface area contributed by atoms with Crippen molar-refractivity contribution in [3.05, 3.63) is 29.8 Å². The zero-order valence-electron chi connectivity index (χ0n) is 10.9. The minimum absolute atomic E-state index is 0.0255. The molecule has 1 aliphatic carbocycles. The molecule has 0 heterocycles. The van der Waals surface area contributed by atoms with Crippen molar-refractivity contribution in [3.8, 4) is 0 Å². The van der Waals surface area contributed by atoms with Crippen molar-refractivity contribution in [2.45, 2.75) is 37.1 Å². The van der Waals surface area contributed by atoms with Gasteiger partial charge in [0.25, 0.3) is 5.91 Å². The van der Waals surface area contributed by atoms with Gasteiger partial charge in [-0.25, -0.2) is 13.6 Å². The maximum Gasteiger partial charge on any atom is 0.254 e. The molecule has 1 aliphatic rings. The standard InChI is InChI=1S/C13H18N2O3S/c1-2-9-15(11-5-6-11)13(16)10-3-7-12(8-4-10)19(14,17)18/h3-4,7-8,11H,2,5-6,9H2,1H3,(H2,14,17,18). The van der Waals surface area contributed by atoms with Crippen LogP contribution >= 0.6 is 0 Å². The third-order valence-corrected chi connectivity index (χ3v) is 4.07. The Kier molecular flexibility index (Phi) is 3.91. The molecule has 0 saturated heterocycles. The molecule has 0 aliphatic heterocycles. The molecule has 0 atom stereocenters. The van der Waals surface area contributed by atoms with E-state index in [9.17, 15) is 13.2 Å². The van der Waals surface area contributed by atoms with E-state index < -0.39 is 10.0 Å². The van der Waals surface area contributed by atoms with Crippen molar-refractivity contribution in [2.24, 2.45) is 5.14 Å². The van der Waals surface area contributed by atoms with Crippen LogP contribution in [0.4, 0.5) is 0 Å². The maximum absolute atomic E-state index is 12.3. The first-order chi connectivity index (χ1) is 8.93. The normalized spacial score (nSPS) is 15.3. The van der Waals surface area contributed by atoms with Crippen LogP contribution in [0.25, 0.3) is 0 Å². The van der Waals surface area contributed by atoms with Crippen LogP contribution in [0.5, 0.6) is 0 Å². The number of carbonyl (C=O) groups is 1. The van der Waals surface area contributed by atoms with Crippen LogP contribution in [-0.4, -0.2) is 31.8 Å². The van der Waals surface area contributed by atoms with Crippen molar-refractivity contribution in [3.63, 3.8) is 0 Å². The van der Waals surface area contributed by atoms with Crippen LogP contribution in [0.3, 0.4) is 0 Å². The lowest BCUT2D eigenvalue weighted by Crippen LogP contribution is -2.33. The number of sulfonamides is 1. The molecule has 0 unspecified atom stereocenters. The predicted molar refractivity (Wildman–Crippen MR) is 72.2 cm³/mol. The average molecular weight is 282 g/mol. The molecular weight excluding hydrogens is 264 g/mol. The molecule has 0 radical (unpaired) electrons. The number of carbonyl (C=O) groups excluding carboxylic acids is 1. The highest BCUT2D eigenvalue weighted by Gasteiger charge is 2.32. The lowest BCUT2D eigenvalue weighted by Gasteiger charge is -2.21. The Balaban J connectivity index is 2.19. The fourth-order valence-corrected chi connectivity index (χ4v) is 2.55. The summed E-state index contributed by atoms with van der Waals surface area (Å²) in [6.07, 6.45) is 3.03. The monoisotopic (exact) mass is 282 g/mol. The summed E-state index contributed by atoms with van der Waals surface area (Å²) < 4.78 is 22.3. The molecular formula is C13H18N2O3S. The van der Waals surface area contributed by atoms with Crippen molar-refractivity contribution in [2.75, 3.05) is 6.54 Å². The Morgan fingerprint density at radius 3 is 2.32 bits per heavy atom. The van der Waals surface area contributed by atoms with E-state index in [1.807, 2.05) is 11.8 Å². The SMILES string of the molecule is CCCN(C(=O)c1ccc(S(N)(=O)=O)cc1)C1CC1. The molecule has 1 saturated carbocycles. The largest absolute Gasteiger partial charge is 0.336 e. The van der Waals surface area contributed by atoms with Crippen molar-refractivity contribution < 1.29 is 13.2 Å². The summed E-state index contributed by atoms with van der Waals surface area (Å²) in [6.45, 7) is 2.77. The van der Waals surface area contributed by atoms with Gasteiger partial charge in [-0.05, 0) is 43.5 Å². The lowest BCUT2D eigenvalue weighted by atomic mass is 10.2. The summed E-state index contributed by atoms with van der Waals surface area (Å²) >= 11 is 0. The zero-order chi connectivity index (χ0) is 14.0. The van der Waals surface area contributed by atoms with E-state index in [0.717, 1.165) is 25.8 Å². The molecule has 2 rings (SSSR count). The second-order valence-electron chi connectivity index (χ2n) is 4.80. The molecule has 1 aromatic carbocycles. The second-order valence-corrected chi connectivity index (χ2v) is 6.36. The van der Waals surface area contributed by atoms with E-state index in [2.05, 4.69) is 0 Å². The van der Waals surface area contributed by atoms with E-state index in [-0.39, 0.29) is 10.8 Å². The van der Waals surface area contributed by atoms with Crippen molar-refractivity contribution in [1.82, 2.24) is 4.90 Å². The van der Waals surface area contributed by atoms with Gasteiger partial charge in [-0.3, -0.25) is 4.79 Å². The van der Waals surface area contributed by atoms with Crippen molar-refractivity contribution >= 4 is 15.9 Å². The third-order valence-electron chi connectivity index (χ3n) is 3.14. The summed E-state index contributed by atoms with van der Waals surface area (Å²) in [5, 5.41) is 5.03. The molecule has 2 N–H and O–H groups in total. The molecule has 19 heavy (non-hydrogen) atoms. The van der Waals surface area contributed by atoms with Gasteiger partial charge in [-0.2, -0.15) is 0 Å². The van der Waals surface area contributed by atoms with Crippen LogP contribution in [0.1, 0.15) is 36.5 Å². The molecule has 0 spiro atoms. The van der Waals surface area contributed by atoms with Gasteiger partial charge in [-0.1, -0.05) is 6.92 Å². The minimum Gasteiger partial charge on any atom is -0.336 e. The van der Waals surface area contributed by atoms with Gasteiger partial charge >= 0.3 is 0 Å². The van der Waals surface area contributed by atoms with Gasteiger partial charge in [0.2, 0.25) is 10.0 Å². The fraction of sp³-hybridized carbons (Fsp3) is 0.462. The molecule has 0 aromatic heterocycles. The van der Waals surface area contributed by atoms with E-state index in [0.29, 0.717) is 11.6 Å². The number of nitrogens with zero attached hydrogens (tertiary/aromatic N) is 1. The predicted octanol–water partition coefficient (Wildman–Crippen LogP) is 1.35. The van der Waals surface area contributed by atoms with Gasteiger partial charge in [0, 0.05) is 18.2 Å². The molecule has 104 valence electrons. The molecule has 0 bridgehead atoms. The van der Waals surface area contributed by atoms with Gasteiger partial charge < -0.3 is 4.90 Å². The quantitative estimate of drug-likeness (QED) is 0.885. The topological polar surface area (TPSA) is 80.5 Å². The van der Waals surface area contributed by atoms with E-state index in [1.54, 1.807) is 0 Å². The van der Waals surface area contributed by atoms with Gasteiger partial charge in [0.05, 0.1) is 4.90 Å². The summed E-state index contributed by atoms with van der Waals surface area (Å²) in [7, 11) is -3.70. The number of hydrogen-bond acceptors (Lipinski definition) is 3. The summed E-state index contributed by atoms with van der Waals surface area (Å²) in [4.78, 5) is 14.2. The first kappa shape index (κ1) is 14.0. The van der Waals surface area contributed by atoms with Gasteiger partial charge in [0.15, 0.2) is 0 Å². The van der Waals surface area contributed by atoms with Crippen LogP contribution < -0.4 is 5.14 Å². The van der Waals surface area contributed by atoms with E-state index >= 15 is 0 Å².